The molecular formula is C27H28ClN3O7S. The second-order valence-corrected chi connectivity index (χ2v) is 11.1. The number of nitrogens with one attached hydrogen (secondary N) is 2. The molecule has 3 aromatic carbocycles. The summed E-state index contributed by atoms with van der Waals surface area (Å²) in [5.41, 5.74) is 1.72. The fourth-order valence-electron chi connectivity index (χ4n) is 4.13. The van der Waals surface area contributed by atoms with Gasteiger partial charge in [0, 0.05) is 11.6 Å². The van der Waals surface area contributed by atoms with Crippen LogP contribution in [0.25, 0.3) is 0 Å². The van der Waals surface area contributed by atoms with Gasteiger partial charge in [0.25, 0.3) is 11.8 Å². The lowest BCUT2D eigenvalue weighted by molar-refractivity contribution is -0.122. The molecule has 2 amide bonds. The predicted octanol–water partition coefficient (Wildman–Crippen LogP) is 3.50. The van der Waals surface area contributed by atoms with E-state index >= 15 is 0 Å². The Bertz CT molecular complexity index is 1500. The number of nitrogens with zero attached hydrogens (tertiary/aromatic N) is 1. The molecule has 1 aliphatic heterocycles. The summed E-state index contributed by atoms with van der Waals surface area (Å²) >= 11 is 6.04. The van der Waals surface area contributed by atoms with Crippen LogP contribution in [0.4, 0.5) is 11.4 Å². The molecule has 206 valence electrons. The number of sulfonamides is 1. The van der Waals surface area contributed by atoms with Crippen molar-refractivity contribution in [3.63, 3.8) is 0 Å². The quantitative estimate of drug-likeness (QED) is 0.401. The first-order valence-corrected chi connectivity index (χ1v) is 14.2. The van der Waals surface area contributed by atoms with Gasteiger partial charge in [-0.2, -0.15) is 0 Å². The molecule has 1 atom stereocenters. The van der Waals surface area contributed by atoms with Gasteiger partial charge in [-0.1, -0.05) is 29.8 Å². The van der Waals surface area contributed by atoms with Gasteiger partial charge in [-0.3, -0.25) is 13.9 Å². The molecule has 0 radical (unpaired) electrons. The van der Waals surface area contributed by atoms with Crippen LogP contribution in [0.3, 0.4) is 0 Å². The zero-order valence-corrected chi connectivity index (χ0v) is 23.1. The highest BCUT2D eigenvalue weighted by Gasteiger charge is 2.35. The number of carbonyl (C=O) groups excluding carboxylic acids is 2. The summed E-state index contributed by atoms with van der Waals surface area (Å²) in [5, 5.41) is 5.90. The smallest absolute Gasteiger partial charge is 0.267 e. The highest BCUT2D eigenvalue weighted by Crippen LogP contribution is 2.37. The molecule has 12 heteroatoms. The second kappa shape index (κ2) is 11.8. The Balaban J connectivity index is 1.44. The third-order valence-electron chi connectivity index (χ3n) is 6.06. The maximum atomic E-state index is 13.2. The van der Waals surface area contributed by atoms with Gasteiger partial charge >= 0.3 is 0 Å². The van der Waals surface area contributed by atoms with Gasteiger partial charge in [0.15, 0.2) is 17.6 Å². The Morgan fingerprint density at radius 2 is 1.79 bits per heavy atom. The molecule has 0 bridgehead atoms. The van der Waals surface area contributed by atoms with E-state index in [4.69, 9.17) is 25.8 Å². The third kappa shape index (κ3) is 6.55. The minimum Gasteiger partial charge on any atom is -0.493 e. The average Bonchev–Trinajstić information content (AvgIpc) is 2.91. The minimum absolute atomic E-state index is 0.206. The van der Waals surface area contributed by atoms with Gasteiger partial charge < -0.3 is 24.8 Å². The summed E-state index contributed by atoms with van der Waals surface area (Å²) < 4.78 is 42.3. The Morgan fingerprint density at radius 1 is 1.05 bits per heavy atom. The molecule has 39 heavy (non-hydrogen) atoms. The van der Waals surface area contributed by atoms with Crippen molar-refractivity contribution in [1.29, 1.82) is 0 Å². The molecule has 3 aromatic rings. The van der Waals surface area contributed by atoms with E-state index < -0.39 is 22.0 Å². The van der Waals surface area contributed by atoms with Gasteiger partial charge in [-0.15, -0.1) is 0 Å². The number of fused-ring (bicyclic) bond motifs is 1. The molecule has 0 fully saturated rings. The fourth-order valence-corrected chi connectivity index (χ4v) is 5.20. The van der Waals surface area contributed by atoms with Crippen molar-refractivity contribution >= 4 is 44.8 Å². The lowest BCUT2D eigenvalue weighted by Crippen LogP contribution is -2.48. The number of rotatable bonds is 9. The number of carbonyl (C=O) groups is 2. The molecule has 2 N–H and O–H groups in total. The van der Waals surface area contributed by atoms with Gasteiger partial charge in [0.2, 0.25) is 10.0 Å². The minimum atomic E-state index is -3.72. The number of para-hydroxylation sites is 1. The first kappa shape index (κ1) is 28.1. The van der Waals surface area contributed by atoms with Crippen molar-refractivity contribution in [3.05, 3.63) is 76.8 Å². The number of methoxy groups -OCH3 is 2. The molecule has 1 heterocycles. The van der Waals surface area contributed by atoms with Crippen LogP contribution < -0.4 is 29.1 Å². The molecule has 4 rings (SSSR count). The predicted molar refractivity (Wildman–Crippen MR) is 149 cm³/mol. The lowest BCUT2D eigenvalue weighted by Gasteiger charge is -2.34. The number of hydrogen-bond acceptors (Lipinski definition) is 7. The molecule has 10 nitrogen and oxygen atoms in total. The number of amides is 2. The highest BCUT2D eigenvalue weighted by molar-refractivity contribution is 7.92. The van der Waals surface area contributed by atoms with Crippen molar-refractivity contribution in [2.45, 2.75) is 12.5 Å². The molecule has 1 aliphatic rings. The molecular weight excluding hydrogens is 546 g/mol. The monoisotopic (exact) mass is 573 g/mol. The van der Waals surface area contributed by atoms with Crippen molar-refractivity contribution < 1.29 is 32.2 Å². The van der Waals surface area contributed by atoms with E-state index in [-0.39, 0.29) is 35.1 Å². The van der Waals surface area contributed by atoms with Crippen LogP contribution >= 0.6 is 11.6 Å². The molecule has 0 aliphatic carbocycles. The van der Waals surface area contributed by atoms with Crippen LogP contribution in [0.2, 0.25) is 5.02 Å². The van der Waals surface area contributed by atoms with Crippen LogP contribution in [0, 0.1) is 0 Å². The number of anilines is 2. The summed E-state index contributed by atoms with van der Waals surface area (Å²) in [7, 11) is -0.607. The normalized spacial score (nSPS) is 14.6. The van der Waals surface area contributed by atoms with Crippen molar-refractivity contribution in [1.82, 2.24) is 5.32 Å². The SMILES string of the molecule is COc1ccc(CCNC(=O)c2ccccc2NC(=O)[C@@H]2CN(S(C)(=O)=O)c3cc(Cl)ccc3O2)cc1OC. The van der Waals surface area contributed by atoms with Crippen LogP contribution in [-0.4, -0.2) is 59.9 Å². The van der Waals surface area contributed by atoms with Gasteiger partial charge in [-0.25, -0.2) is 8.42 Å². The second-order valence-electron chi connectivity index (χ2n) is 8.74. The molecule has 0 aromatic heterocycles. The Kier molecular flexibility index (Phi) is 8.51. The van der Waals surface area contributed by atoms with Crippen LogP contribution in [0.15, 0.2) is 60.7 Å². The van der Waals surface area contributed by atoms with Crippen LogP contribution in [0.1, 0.15) is 15.9 Å². The standard InChI is InChI=1S/C27H28ClN3O7S/c1-36-23-10-8-17(14-24(23)37-2)12-13-29-26(32)19-6-4-5-7-20(19)30-27(33)25-16-31(39(3,34)35)21-15-18(28)9-11-22(21)38-25/h4-11,14-15,25H,12-13,16H2,1-3H3,(H,29,32)(H,30,33)/t25-/m0/s1. The number of benzene rings is 3. The van der Waals surface area contributed by atoms with Crippen molar-refractivity contribution in [3.8, 4) is 17.2 Å². The van der Waals surface area contributed by atoms with Crippen molar-refractivity contribution in [2.75, 3.05) is 43.2 Å². The van der Waals surface area contributed by atoms with E-state index in [1.807, 2.05) is 12.1 Å². The summed E-state index contributed by atoms with van der Waals surface area (Å²) in [4.78, 5) is 26.1. The Morgan fingerprint density at radius 3 is 2.51 bits per heavy atom. The van der Waals surface area contributed by atoms with E-state index in [0.717, 1.165) is 16.1 Å². The van der Waals surface area contributed by atoms with E-state index in [9.17, 15) is 18.0 Å². The molecule has 0 saturated carbocycles. The summed E-state index contributed by atoms with van der Waals surface area (Å²) in [5.74, 6) is 0.434. The highest BCUT2D eigenvalue weighted by atomic mass is 35.5. The first-order chi connectivity index (χ1) is 18.6. The Labute approximate surface area is 231 Å². The topological polar surface area (TPSA) is 123 Å². The number of ether oxygens (including phenoxy) is 3. The molecule has 0 unspecified atom stereocenters. The third-order valence-corrected chi connectivity index (χ3v) is 7.44. The Hall–Kier alpha value is -3.96. The summed E-state index contributed by atoms with van der Waals surface area (Å²) in [6.45, 7) is 0.0860. The van der Waals surface area contributed by atoms with Gasteiger partial charge in [0.05, 0.1) is 44.0 Å². The van der Waals surface area contributed by atoms with E-state index in [1.54, 1.807) is 50.6 Å². The summed E-state index contributed by atoms with van der Waals surface area (Å²) in [6, 6.07) is 16.6. The average molecular weight is 574 g/mol. The number of halogens is 1. The van der Waals surface area contributed by atoms with E-state index in [1.165, 1.54) is 12.1 Å². The largest absolute Gasteiger partial charge is 0.493 e. The van der Waals surface area contributed by atoms with Crippen molar-refractivity contribution in [2.24, 2.45) is 0 Å². The van der Waals surface area contributed by atoms with E-state index in [0.29, 0.717) is 29.5 Å². The summed E-state index contributed by atoms with van der Waals surface area (Å²) in [6.07, 6.45) is 0.426. The fraction of sp³-hybridized carbons (Fsp3) is 0.259. The zero-order chi connectivity index (χ0) is 28.2. The van der Waals surface area contributed by atoms with E-state index in [2.05, 4.69) is 10.6 Å². The van der Waals surface area contributed by atoms with Crippen LogP contribution in [0.5, 0.6) is 17.2 Å². The maximum absolute atomic E-state index is 13.2. The number of hydrogen-bond donors (Lipinski definition) is 2. The van der Waals surface area contributed by atoms with Gasteiger partial charge in [0.1, 0.15) is 5.75 Å². The maximum Gasteiger partial charge on any atom is 0.267 e. The lowest BCUT2D eigenvalue weighted by atomic mass is 10.1. The molecule has 0 saturated heterocycles. The van der Waals surface area contributed by atoms with Gasteiger partial charge in [-0.05, 0) is 54.4 Å². The zero-order valence-electron chi connectivity index (χ0n) is 21.6. The molecule has 0 spiro atoms. The van der Waals surface area contributed by atoms with Crippen LogP contribution in [-0.2, 0) is 21.2 Å². The first-order valence-electron chi connectivity index (χ1n) is 11.9.